The van der Waals surface area contributed by atoms with E-state index in [4.69, 9.17) is 4.74 Å². The highest BCUT2D eigenvalue weighted by Crippen LogP contribution is 2.57. The molecule has 0 unspecified atom stereocenters. The molecule has 2 saturated carbocycles. The molecule has 2 heterocycles. The third-order valence-electron chi connectivity index (χ3n) is 9.96. The molecule has 5 nitrogen and oxygen atoms in total. The fourth-order valence-electron chi connectivity index (χ4n) is 7.87. The topological polar surface area (TPSA) is 53.0 Å². The van der Waals surface area contributed by atoms with Crippen LogP contribution < -0.4 is 0 Å². The highest BCUT2D eigenvalue weighted by atomic mass is 16.6. The van der Waals surface area contributed by atoms with Crippen LogP contribution in [0.2, 0.25) is 0 Å². The molecule has 37 heavy (non-hydrogen) atoms. The number of piperazine rings is 1. The number of rotatable bonds is 5. The van der Waals surface area contributed by atoms with Crippen LogP contribution in [0.1, 0.15) is 50.2 Å². The molecule has 0 amide bonds. The van der Waals surface area contributed by atoms with Crippen molar-refractivity contribution in [2.75, 3.05) is 32.7 Å². The summed E-state index contributed by atoms with van der Waals surface area (Å²) in [6.07, 6.45) is 5.65. The number of hydrogen-bond acceptors (Lipinski definition) is 5. The van der Waals surface area contributed by atoms with Crippen LogP contribution in [0.25, 0.3) is 0 Å². The van der Waals surface area contributed by atoms with Crippen LogP contribution in [0.5, 0.6) is 0 Å². The molecular weight excluding hydrogens is 460 g/mol. The molecular formula is C32H40N2O3. The lowest BCUT2D eigenvalue weighted by atomic mass is 9.55. The van der Waals surface area contributed by atoms with Crippen molar-refractivity contribution in [2.45, 2.75) is 50.9 Å². The average Bonchev–Trinajstić information content (AvgIpc) is 3.21. The first-order valence-electron chi connectivity index (χ1n) is 14.1. The zero-order chi connectivity index (χ0) is 25.6. The summed E-state index contributed by atoms with van der Waals surface area (Å²) in [5, 5.41) is 12.1. The van der Waals surface area contributed by atoms with Crippen molar-refractivity contribution in [3.63, 3.8) is 0 Å². The maximum absolute atomic E-state index is 13.1. The van der Waals surface area contributed by atoms with Gasteiger partial charge in [-0.15, -0.1) is 0 Å². The number of nitrogens with zero attached hydrogens (tertiary/aromatic N) is 2. The third kappa shape index (κ3) is 4.35. The van der Waals surface area contributed by atoms with Gasteiger partial charge in [-0.05, 0) is 43.4 Å². The largest absolute Gasteiger partial charge is 0.462 e. The SMILES string of the molecule is C=C1CCC[C@]2(C)C[C@H]3OC(=O)[C@H](CN4CCN(C(O)(c5ccccc5)c5ccccc5)CC4)[C@H]3C[C@H]12. The van der Waals surface area contributed by atoms with Crippen LogP contribution in [-0.2, 0) is 15.3 Å². The van der Waals surface area contributed by atoms with Crippen molar-refractivity contribution >= 4 is 5.97 Å². The monoisotopic (exact) mass is 500 g/mol. The zero-order valence-electron chi connectivity index (χ0n) is 22.0. The summed E-state index contributed by atoms with van der Waals surface area (Å²) in [5.41, 5.74) is 2.21. The molecule has 2 saturated heterocycles. The van der Waals surface area contributed by atoms with Crippen molar-refractivity contribution in [1.82, 2.24) is 9.80 Å². The number of ether oxygens (including phenoxy) is 1. The number of allylic oxidation sites excluding steroid dienone is 1. The molecule has 0 radical (unpaired) electrons. The summed E-state index contributed by atoms with van der Waals surface area (Å²) >= 11 is 0. The molecule has 196 valence electrons. The molecule has 0 bridgehead atoms. The Kier molecular flexibility index (Phi) is 6.50. The Morgan fingerprint density at radius 1 is 1.03 bits per heavy atom. The summed E-state index contributed by atoms with van der Waals surface area (Å²) in [6, 6.07) is 19.9. The number of aliphatic hydroxyl groups is 1. The number of carbonyl (C=O) groups excluding carboxylic acids is 1. The Labute approximate surface area is 221 Å². The van der Waals surface area contributed by atoms with E-state index in [0.29, 0.717) is 11.8 Å². The van der Waals surface area contributed by atoms with Gasteiger partial charge >= 0.3 is 5.97 Å². The Morgan fingerprint density at radius 3 is 2.27 bits per heavy atom. The summed E-state index contributed by atoms with van der Waals surface area (Å²) in [4.78, 5) is 17.7. The molecule has 0 spiro atoms. The van der Waals surface area contributed by atoms with E-state index in [1.54, 1.807) is 0 Å². The number of carbonyl (C=O) groups is 1. The molecule has 1 N–H and O–H groups in total. The minimum atomic E-state index is -1.18. The minimum absolute atomic E-state index is 0.00429. The maximum Gasteiger partial charge on any atom is 0.310 e. The zero-order valence-corrected chi connectivity index (χ0v) is 22.0. The van der Waals surface area contributed by atoms with Gasteiger partial charge in [-0.2, -0.15) is 0 Å². The van der Waals surface area contributed by atoms with Gasteiger partial charge in [-0.25, -0.2) is 0 Å². The van der Waals surface area contributed by atoms with Gasteiger partial charge in [0.2, 0.25) is 0 Å². The van der Waals surface area contributed by atoms with E-state index >= 15 is 0 Å². The molecule has 5 heteroatoms. The van der Waals surface area contributed by atoms with Crippen molar-refractivity contribution in [1.29, 1.82) is 0 Å². The van der Waals surface area contributed by atoms with Crippen molar-refractivity contribution in [3.05, 3.63) is 83.9 Å². The molecule has 4 aliphatic rings. The first-order chi connectivity index (χ1) is 17.9. The molecule has 5 atom stereocenters. The Balaban J connectivity index is 1.15. The average molecular weight is 501 g/mol. The van der Waals surface area contributed by atoms with Gasteiger partial charge in [0.25, 0.3) is 0 Å². The van der Waals surface area contributed by atoms with Crippen molar-refractivity contribution in [2.24, 2.45) is 23.2 Å². The summed E-state index contributed by atoms with van der Waals surface area (Å²) in [5.74, 6) is 0.750. The summed E-state index contributed by atoms with van der Waals surface area (Å²) in [6.45, 7) is 10.7. The van der Waals surface area contributed by atoms with Gasteiger partial charge in [-0.3, -0.25) is 14.6 Å². The highest BCUT2D eigenvalue weighted by Gasteiger charge is 2.55. The second-order valence-electron chi connectivity index (χ2n) is 12.1. The predicted octanol–water partition coefficient (Wildman–Crippen LogP) is 4.81. The number of benzene rings is 2. The molecule has 4 fully saturated rings. The van der Waals surface area contributed by atoms with Crippen LogP contribution in [0.15, 0.2) is 72.8 Å². The Morgan fingerprint density at radius 2 is 1.65 bits per heavy atom. The van der Waals surface area contributed by atoms with Gasteiger partial charge in [0.05, 0.1) is 5.92 Å². The van der Waals surface area contributed by atoms with Gasteiger partial charge < -0.3 is 9.84 Å². The summed E-state index contributed by atoms with van der Waals surface area (Å²) < 4.78 is 6.01. The fourth-order valence-corrected chi connectivity index (χ4v) is 7.87. The van der Waals surface area contributed by atoms with E-state index < -0.39 is 5.72 Å². The molecule has 0 aromatic heterocycles. The van der Waals surface area contributed by atoms with E-state index in [-0.39, 0.29) is 23.4 Å². The molecule has 6 rings (SSSR count). The van der Waals surface area contributed by atoms with Crippen molar-refractivity contribution in [3.8, 4) is 0 Å². The lowest BCUT2D eigenvalue weighted by molar-refractivity contribution is -0.146. The van der Waals surface area contributed by atoms with Gasteiger partial charge in [0, 0.05) is 49.8 Å². The fraction of sp³-hybridized carbons (Fsp3) is 0.531. The van der Waals surface area contributed by atoms with Crippen LogP contribution in [0, 0.1) is 23.2 Å². The van der Waals surface area contributed by atoms with E-state index in [0.717, 1.165) is 63.1 Å². The molecule has 2 aromatic rings. The van der Waals surface area contributed by atoms with Crippen LogP contribution in [-0.4, -0.2) is 59.7 Å². The van der Waals surface area contributed by atoms with Gasteiger partial charge in [-0.1, -0.05) is 79.7 Å². The molecule has 2 aliphatic carbocycles. The van der Waals surface area contributed by atoms with Crippen molar-refractivity contribution < 1.29 is 14.6 Å². The standard InChI is InChI=1S/C32H40N2O3/c1-23-10-9-15-31(2)21-29-26(20-28(23)31)27(30(35)37-29)22-33-16-18-34(19-17-33)32(36,24-11-5-3-6-12-24)25-13-7-4-8-14-25/h3-8,11-14,26-29,36H,1,9-10,15-22H2,2H3/t26-,27-,28-,29-,31-/m1/s1. The maximum atomic E-state index is 13.1. The van der Waals surface area contributed by atoms with E-state index in [1.165, 1.54) is 18.4 Å². The number of esters is 1. The first-order valence-corrected chi connectivity index (χ1v) is 14.1. The quantitative estimate of drug-likeness (QED) is 0.472. The second kappa shape index (κ2) is 9.68. The number of fused-ring (bicyclic) bond motifs is 2. The van der Waals surface area contributed by atoms with Crippen LogP contribution in [0.4, 0.5) is 0 Å². The van der Waals surface area contributed by atoms with Gasteiger partial charge in [0.1, 0.15) is 6.10 Å². The normalized spacial score (nSPS) is 33.0. The van der Waals surface area contributed by atoms with Crippen LogP contribution >= 0.6 is 0 Å². The van der Waals surface area contributed by atoms with Crippen LogP contribution in [0.3, 0.4) is 0 Å². The first kappa shape index (κ1) is 24.8. The van der Waals surface area contributed by atoms with E-state index in [2.05, 4.69) is 23.3 Å². The van der Waals surface area contributed by atoms with E-state index in [1.807, 2.05) is 60.7 Å². The highest BCUT2D eigenvalue weighted by molar-refractivity contribution is 5.75. The lowest BCUT2D eigenvalue weighted by Gasteiger charge is -2.50. The smallest absolute Gasteiger partial charge is 0.310 e. The minimum Gasteiger partial charge on any atom is -0.462 e. The summed E-state index contributed by atoms with van der Waals surface area (Å²) in [7, 11) is 0. The molecule has 2 aliphatic heterocycles. The lowest BCUT2D eigenvalue weighted by Crippen LogP contribution is -2.57. The van der Waals surface area contributed by atoms with E-state index in [9.17, 15) is 9.90 Å². The number of hydrogen-bond donors (Lipinski definition) is 1. The Bertz CT molecular complexity index is 1090. The third-order valence-corrected chi connectivity index (χ3v) is 9.96. The predicted molar refractivity (Wildman–Crippen MR) is 145 cm³/mol. The second-order valence-corrected chi connectivity index (χ2v) is 12.1. The molecule has 2 aromatic carbocycles. The Hall–Kier alpha value is -2.47. The van der Waals surface area contributed by atoms with Gasteiger partial charge in [0.15, 0.2) is 5.72 Å².